The summed E-state index contributed by atoms with van der Waals surface area (Å²) in [6, 6.07) is 5.34. The third-order valence-electron chi connectivity index (χ3n) is 2.75. The molecule has 20 heavy (non-hydrogen) atoms. The van der Waals surface area contributed by atoms with Crippen LogP contribution in [0.25, 0.3) is 0 Å². The van der Waals surface area contributed by atoms with Crippen molar-refractivity contribution in [3.8, 4) is 0 Å². The van der Waals surface area contributed by atoms with Gasteiger partial charge in [-0.1, -0.05) is 0 Å². The Labute approximate surface area is 115 Å². The van der Waals surface area contributed by atoms with E-state index < -0.39 is 0 Å². The van der Waals surface area contributed by atoms with Crippen LogP contribution in [0.15, 0.2) is 30.6 Å². The highest BCUT2D eigenvalue weighted by atomic mass is 19.1. The summed E-state index contributed by atoms with van der Waals surface area (Å²) in [6.45, 7) is 0.750. The number of nitrogens with zero attached hydrogens (tertiary/aromatic N) is 3. The average Bonchev–Trinajstić information content (AvgIpc) is 2.87. The van der Waals surface area contributed by atoms with Gasteiger partial charge in [0.1, 0.15) is 18.0 Å². The highest BCUT2D eigenvalue weighted by Gasteiger charge is 2.07. The molecule has 2 N–H and O–H groups in total. The highest BCUT2D eigenvalue weighted by molar-refractivity contribution is 5.94. The van der Waals surface area contributed by atoms with E-state index in [0.29, 0.717) is 30.9 Å². The van der Waals surface area contributed by atoms with Crippen LogP contribution < -0.4 is 5.32 Å². The second kappa shape index (κ2) is 6.76. The van der Waals surface area contributed by atoms with Gasteiger partial charge in [0.15, 0.2) is 0 Å². The first-order valence-corrected chi connectivity index (χ1v) is 6.22. The molecule has 2 rings (SSSR count). The predicted octanol–water partition coefficient (Wildman–Crippen LogP) is 0.382. The maximum atomic E-state index is 12.7. The molecule has 106 valence electrons. The largest absolute Gasteiger partial charge is 0.394 e. The molecule has 2 aromatic rings. The number of nitrogens with one attached hydrogen (secondary N) is 1. The summed E-state index contributed by atoms with van der Waals surface area (Å²) in [4.78, 5) is 15.8. The summed E-state index contributed by atoms with van der Waals surface area (Å²) in [6.07, 6.45) is 1.92. The lowest BCUT2D eigenvalue weighted by Crippen LogP contribution is -2.26. The molecule has 0 unspecified atom stereocenters. The molecule has 1 amide bonds. The number of carbonyl (C=O) groups is 1. The minimum Gasteiger partial charge on any atom is -0.394 e. The molecule has 0 saturated carbocycles. The molecule has 0 radical (unpaired) electrons. The quantitative estimate of drug-likeness (QED) is 0.800. The zero-order chi connectivity index (χ0) is 14.4. The van der Waals surface area contributed by atoms with Gasteiger partial charge in [-0.3, -0.25) is 4.79 Å². The van der Waals surface area contributed by atoms with Crippen LogP contribution in [0.2, 0.25) is 0 Å². The van der Waals surface area contributed by atoms with Crippen molar-refractivity contribution in [2.45, 2.75) is 13.0 Å². The molecule has 1 heterocycles. The van der Waals surface area contributed by atoms with Gasteiger partial charge in [0, 0.05) is 18.5 Å². The van der Waals surface area contributed by atoms with Crippen molar-refractivity contribution in [3.63, 3.8) is 0 Å². The van der Waals surface area contributed by atoms with E-state index in [9.17, 15) is 9.18 Å². The van der Waals surface area contributed by atoms with Gasteiger partial charge in [-0.2, -0.15) is 5.10 Å². The molecule has 0 bridgehead atoms. The smallest absolute Gasteiger partial charge is 0.251 e. The monoisotopic (exact) mass is 278 g/mol. The summed E-state index contributed by atoms with van der Waals surface area (Å²) in [5, 5.41) is 15.5. The highest BCUT2D eigenvalue weighted by Crippen LogP contribution is 2.02. The number of amides is 1. The summed E-state index contributed by atoms with van der Waals surface area (Å²) < 4.78 is 14.3. The van der Waals surface area contributed by atoms with Crippen molar-refractivity contribution >= 4 is 5.91 Å². The first kappa shape index (κ1) is 14.1. The summed E-state index contributed by atoms with van der Waals surface area (Å²) in [7, 11) is 0. The number of hydrogen-bond acceptors (Lipinski definition) is 4. The number of rotatable bonds is 6. The molecule has 0 spiro atoms. The Kier molecular flexibility index (Phi) is 4.78. The Bertz CT molecular complexity index is 568. The molecule has 0 aliphatic heterocycles. The Morgan fingerprint density at radius 3 is 2.80 bits per heavy atom. The van der Waals surface area contributed by atoms with Crippen LogP contribution >= 0.6 is 0 Å². The first-order valence-electron chi connectivity index (χ1n) is 6.22. The Hall–Kier alpha value is -2.28. The lowest BCUT2D eigenvalue weighted by Gasteiger charge is -2.06. The van der Waals surface area contributed by atoms with Gasteiger partial charge in [0.25, 0.3) is 5.91 Å². The second-order valence-electron chi connectivity index (χ2n) is 4.14. The summed E-state index contributed by atoms with van der Waals surface area (Å²) in [5.74, 6) is 0.0512. The van der Waals surface area contributed by atoms with E-state index in [1.165, 1.54) is 30.6 Å². The summed E-state index contributed by atoms with van der Waals surface area (Å²) >= 11 is 0. The molecule has 1 aromatic heterocycles. The molecule has 6 nitrogen and oxygen atoms in total. The van der Waals surface area contributed by atoms with Crippen LogP contribution in [0.3, 0.4) is 0 Å². The van der Waals surface area contributed by atoms with Crippen LogP contribution in [0.4, 0.5) is 4.39 Å². The molecular formula is C13H15FN4O2. The lowest BCUT2D eigenvalue weighted by molar-refractivity contribution is 0.0953. The van der Waals surface area contributed by atoms with Gasteiger partial charge >= 0.3 is 0 Å². The Morgan fingerprint density at radius 2 is 2.10 bits per heavy atom. The van der Waals surface area contributed by atoms with Gasteiger partial charge < -0.3 is 10.4 Å². The van der Waals surface area contributed by atoms with E-state index in [1.54, 1.807) is 4.68 Å². The molecule has 1 aromatic carbocycles. The van der Waals surface area contributed by atoms with E-state index in [-0.39, 0.29) is 18.3 Å². The molecule has 0 saturated heterocycles. The Balaban J connectivity index is 1.84. The minimum atomic E-state index is -0.376. The van der Waals surface area contributed by atoms with E-state index in [1.807, 2.05) is 0 Å². The van der Waals surface area contributed by atoms with Crippen LogP contribution in [0.1, 0.15) is 16.2 Å². The van der Waals surface area contributed by atoms with Crippen LogP contribution in [0.5, 0.6) is 0 Å². The van der Waals surface area contributed by atoms with E-state index >= 15 is 0 Å². The van der Waals surface area contributed by atoms with E-state index in [4.69, 9.17) is 5.11 Å². The fourth-order valence-electron chi connectivity index (χ4n) is 1.75. The van der Waals surface area contributed by atoms with Gasteiger partial charge in [-0.25, -0.2) is 14.1 Å². The standard InChI is InChI=1S/C13H15FN4O2/c14-11-3-1-10(2-4-11)13(20)15-6-5-12-16-9-17-18(12)7-8-19/h1-4,9,19H,5-8H2,(H,15,20). The van der Waals surface area contributed by atoms with Gasteiger partial charge in [0.05, 0.1) is 13.2 Å². The number of aromatic nitrogens is 3. The SMILES string of the molecule is O=C(NCCc1ncnn1CCO)c1ccc(F)cc1. The van der Waals surface area contributed by atoms with Crippen LogP contribution in [-0.4, -0.2) is 38.9 Å². The molecule has 0 aliphatic carbocycles. The van der Waals surface area contributed by atoms with Gasteiger partial charge in [-0.15, -0.1) is 0 Å². The molecule has 0 aliphatic rings. The van der Waals surface area contributed by atoms with Crippen LogP contribution in [0, 0.1) is 5.82 Å². The fourth-order valence-corrected chi connectivity index (χ4v) is 1.75. The zero-order valence-corrected chi connectivity index (χ0v) is 10.8. The third kappa shape index (κ3) is 3.61. The molecule has 0 atom stereocenters. The topological polar surface area (TPSA) is 80.0 Å². The lowest BCUT2D eigenvalue weighted by atomic mass is 10.2. The molecular weight excluding hydrogens is 263 g/mol. The maximum absolute atomic E-state index is 12.7. The first-order chi connectivity index (χ1) is 9.70. The Morgan fingerprint density at radius 1 is 1.35 bits per heavy atom. The number of benzene rings is 1. The van der Waals surface area contributed by atoms with Crippen molar-refractivity contribution < 1.29 is 14.3 Å². The van der Waals surface area contributed by atoms with Gasteiger partial charge in [0.2, 0.25) is 0 Å². The van der Waals surface area contributed by atoms with Crippen LogP contribution in [-0.2, 0) is 13.0 Å². The fraction of sp³-hybridized carbons (Fsp3) is 0.308. The molecule has 7 heteroatoms. The number of aliphatic hydroxyl groups is 1. The van der Waals surface area contributed by atoms with Gasteiger partial charge in [-0.05, 0) is 24.3 Å². The maximum Gasteiger partial charge on any atom is 0.251 e. The van der Waals surface area contributed by atoms with E-state index in [2.05, 4.69) is 15.4 Å². The molecule has 0 fully saturated rings. The van der Waals surface area contributed by atoms with Crippen molar-refractivity contribution in [1.29, 1.82) is 0 Å². The van der Waals surface area contributed by atoms with Crippen molar-refractivity contribution in [3.05, 3.63) is 47.8 Å². The zero-order valence-electron chi connectivity index (χ0n) is 10.8. The second-order valence-corrected chi connectivity index (χ2v) is 4.14. The van der Waals surface area contributed by atoms with E-state index in [0.717, 1.165) is 0 Å². The van der Waals surface area contributed by atoms with Crippen molar-refractivity contribution in [2.24, 2.45) is 0 Å². The predicted molar refractivity (Wildman–Crippen MR) is 69.5 cm³/mol. The number of hydrogen-bond donors (Lipinski definition) is 2. The number of carbonyl (C=O) groups excluding carboxylic acids is 1. The average molecular weight is 278 g/mol. The number of aliphatic hydroxyl groups excluding tert-OH is 1. The summed E-state index contributed by atoms with van der Waals surface area (Å²) in [5.41, 5.74) is 0.406. The van der Waals surface area contributed by atoms with Crippen molar-refractivity contribution in [2.75, 3.05) is 13.2 Å². The van der Waals surface area contributed by atoms with Crippen molar-refractivity contribution in [1.82, 2.24) is 20.1 Å². The normalized spacial score (nSPS) is 10.5. The minimum absolute atomic E-state index is 0.0156. The number of halogens is 1. The third-order valence-corrected chi connectivity index (χ3v) is 2.75.